The van der Waals surface area contributed by atoms with Crippen molar-refractivity contribution in [1.29, 1.82) is 0 Å². The van der Waals surface area contributed by atoms with E-state index in [0.717, 1.165) is 38.6 Å². The van der Waals surface area contributed by atoms with Gasteiger partial charge in [0.2, 0.25) is 0 Å². The highest BCUT2D eigenvalue weighted by atomic mass is 32.1. The first-order chi connectivity index (χ1) is 7.16. The van der Waals surface area contributed by atoms with Crippen molar-refractivity contribution >= 4 is 23.2 Å². The fourth-order valence-corrected chi connectivity index (χ4v) is 1.21. The van der Waals surface area contributed by atoms with Gasteiger partial charge in [-0.1, -0.05) is 25.6 Å². The summed E-state index contributed by atoms with van der Waals surface area (Å²) in [4.78, 5) is 11.7. The van der Waals surface area contributed by atoms with Crippen LogP contribution in [0.5, 0.6) is 0 Å². The quantitative estimate of drug-likeness (QED) is 0.438. The van der Waals surface area contributed by atoms with E-state index in [4.69, 9.17) is 18.0 Å². The molecule has 0 spiro atoms. The molecule has 0 heterocycles. The number of hydrogen-bond acceptors (Lipinski definition) is 2. The average molecular weight is 231 g/mol. The number of carbonyl (C=O) groups is 1. The van der Waals surface area contributed by atoms with E-state index >= 15 is 0 Å². The van der Waals surface area contributed by atoms with Gasteiger partial charge in [-0.3, -0.25) is 0 Å². The van der Waals surface area contributed by atoms with Gasteiger partial charge < -0.3 is 16.4 Å². The molecule has 0 aromatic carbocycles. The lowest BCUT2D eigenvalue weighted by Gasteiger charge is -2.06. The number of urea groups is 1. The Hall–Kier alpha value is -0.840. The Morgan fingerprint density at radius 1 is 1.20 bits per heavy atom. The summed E-state index contributed by atoms with van der Waals surface area (Å²) in [6.45, 7) is 3.52. The third kappa shape index (κ3) is 11.1. The van der Waals surface area contributed by atoms with E-state index in [1.165, 1.54) is 0 Å². The predicted molar refractivity (Wildman–Crippen MR) is 66.9 cm³/mol. The molecule has 0 saturated carbocycles. The van der Waals surface area contributed by atoms with E-state index in [0.29, 0.717) is 11.5 Å². The van der Waals surface area contributed by atoms with Crippen molar-refractivity contribution in [1.82, 2.24) is 10.6 Å². The lowest BCUT2D eigenvalue weighted by molar-refractivity contribution is 0.240. The molecule has 0 aliphatic heterocycles. The standard InChI is InChI=1S/C10H21N3OS/c1-2-3-7-12-10(14)13-8-5-4-6-9(11)15/h2-8H2,1H3,(H2,11,15)(H2,12,13,14). The minimum Gasteiger partial charge on any atom is -0.393 e. The van der Waals surface area contributed by atoms with Crippen LogP contribution in [0.2, 0.25) is 0 Å². The van der Waals surface area contributed by atoms with Crippen molar-refractivity contribution < 1.29 is 4.79 Å². The summed E-state index contributed by atoms with van der Waals surface area (Å²) in [6.07, 6.45) is 4.72. The molecule has 2 amide bonds. The van der Waals surface area contributed by atoms with E-state index < -0.39 is 0 Å². The summed E-state index contributed by atoms with van der Waals surface area (Å²) in [5, 5.41) is 5.56. The van der Waals surface area contributed by atoms with Gasteiger partial charge in [0.15, 0.2) is 0 Å². The Bertz CT molecular complexity index is 197. The zero-order valence-corrected chi connectivity index (χ0v) is 10.2. The Kier molecular flexibility index (Phi) is 9.16. The molecule has 4 nitrogen and oxygen atoms in total. The summed E-state index contributed by atoms with van der Waals surface area (Å²) >= 11 is 4.75. The zero-order chi connectivity index (χ0) is 11.5. The number of thiocarbonyl (C=S) groups is 1. The molecule has 4 N–H and O–H groups in total. The fraction of sp³-hybridized carbons (Fsp3) is 0.800. The van der Waals surface area contributed by atoms with Crippen molar-refractivity contribution in [3.8, 4) is 0 Å². The fourth-order valence-electron chi connectivity index (χ4n) is 1.07. The van der Waals surface area contributed by atoms with Crippen LogP contribution < -0.4 is 16.4 Å². The molecule has 15 heavy (non-hydrogen) atoms. The monoisotopic (exact) mass is 231 g/mol. The smallest absolute Gasteiger partial charge is 0.314 e. The molecular formula is C10H21N3OS. The summed E-state index contributed by atoms with van der Waals surface area (Å²) in [5.41, 5.74) is 5.35. The van der Waals surface area contributed by atoms with Crippen molar-refractivity contribution in [3.63, 3.8) is 0 Å². The molecule has 0 aromatic heterocycles. The molecule has 5 heteroatoms. The van der Waals surface area contributed by atoms with Gasteiger partial charge in [0, 0.05) is 13.1 Å². The van der Waals surface area contributed by atoms with Crippen LogP contribution in [0.25, 0.3) is 0 Å². The van der Waals surface area contributed by atoms with Crippen molar-refractivity contribution in [3.05, 3.63) is 0 Å². The highest BCUT2D eigenvalue weighted by molar-refractivity contribution is 7.80. The summed E-state index contributed by atoms with van der Waals surface area (Å²) in [7, 11) is 0. The zero-order valence-electron chi connectivity index (χ0n) is 9.34. The lowest BCUT2D eigenvalue weighted by atomic mass is 10.2. The number of unbranched alkanes of at least 4 members (excludes halogenated alkanes) is 2. The predicted octanol–water partition coefficient (Wildman–Crippen LogP) is 1.54. The van der Waals surface area contributed by atoms with E-state index in [1.54, 1.807) is 0 Å². The molecule has 0 aliphatic carbocycles. The molecule has 88 valence electrons. The van der Waals surface area contributed by atoms with Crippen LogP contribution >= 0.6 is 12.2 Å². The van der Waals surface area contributed by atoms with Gasteiger partial charge >= 0.3 is 6.03 Å². The van der Waals surface area contributed by atoms with E-state index in [9.17, 15) is 4.79 Å². The number of carbonyl (C=O) groups excluding carboxylic acids is 1. The summed E-state index contributed by atoms with van der Waals surface area (Å²) < 4.78 is 0. The molecule has 0 aliphatic rings. The Morgan fingerprint density at radius 3 is 2.33 bits per heavy atom. The lowest BCUT2D eigenvalue weighted by Crippen LogP contribution is -2.36. The van der Waals surface area contributed by atoms with Crippen molar-refractivity contribution in [2.45, 2.75) is 39.0 Å². The average Bonchev–Trinajstić information content (AvgIpc) is 2.17. The van der Waals surface area contributed by atoms with Crippen LogP contribution in [-0.2, 0) is 0 Å². The molecule has 0 rings (SSSR count). The van der Waals surface area contributed by atoms with Gasteiger partial charge in [0.05, 0.1) is 4.99 Å². The Balaban J connectivity index is 3.20. The first-order valence-corrected chi connectivity index (χ1v) is 5.87. The van der Waals surface area contributed by atoms with Crippen LogP contribution in [0.15, 0.2) is 0 Å². The van der Waals surface area contributed by atoms with Crippen LogP contribution in [0, 0.1) is 0 Å². The van der Waals surface area contributed by atoms with Gasteiger partial charge in [0.1, 0.15) is 0 Å². The molecule has 0 bridgehead atoms. The molecule has 0 fully saturated rings. The first-order valence-electron chi connectivity index (χ1n) is 5.46. The maximum Gasteiger partial charge on any atom is 0.314 e. The topological polar surface area (TPSA) is 67.2 Å². The van der Waals surface area contributed by atoms with E-state index in [-0.39, 0.29) is 6.03 Å². The highest BCUT2D eigenvalue weighted by Crippen LogP contribution is 1.93. The number of nitrogens with two attached hydrogens (primary N) is 1. The Labute approximate surface area is 97.0 Å². The number of amides is 2. The largest absolute Gasteiger partial charge is 0.393 e. The highest BCUT2D eigenvalue weighted by Gasteiger charge is 1.97. The number of rotatable bonds is 8. The van der Waals surface area contributed by atoms with Crippen LogP contribution in [0.3, 0.4) is 0 Å². The second-order valence-electron chi connectivity index (χ2n) is 3.46. The molecule has 0 unspecified atom stereocenters. The maximum absolute atomic E-state index is 11.1. The maximum atomic E-state index is 11.1. The van der Waals surface area contributed by atoms with Crippen LogP contribution in [0.4, 0.5) is 4.79 Å². The third-order valence-corrected chi connectivity index (χ3v) is 2.16. The minimum absolute atomic E-state index is 0.0845. The Morgan fingerprint density at radius 2 is 1.80 bits per heavy atom. The van der Waals surface area contributed by atoms with Gasteiger partial charge in [-0.2, -0.15) is 0 Å². The second-order valence-corrected chi connectivity index (χ2v) is 3.98. The summed E-state index contributed by atoms with van der Waals surface area (Å²) in [6, 6.07) is -0.0845. The van der Waals surface area contributed by atoms with E-state index in [1.807, 2.05) is 0 Å². The normalized spacial score (nSPS) is 9.67. The summed E-state index contributed by atoms with van der Waals surface area (Å²) in [5.74, 6) is 0. The van der Waals surface area contributed by atoms with Gasteiger partial charge in [-0.25, -0.2) is 4.79 Å². The number of hydrogen-bond donors (Lipinski definition) is 3. The van der Waals surface area contributed by atoms with Gasteiger partial charge in [-0.15, -0.1) is 0 Å². The van der Waals surface area contributed by atoms with Gasteiger partial charge in [0.25, 0.3) is 0 Å². The number of nitrogens with one attached hydrogen (secondary N) is 2. The molecule has 0 atom stereocenters. The van der Waals surface area contributed by atoms with Crippen molar-refractivity contribution in [2.24, 2.45) is 5.73 Å². The SMILES string of the molecule is CCCCNC(=O)NCCCCC(N)=S. The van der Waals surface area contributed by atoms with Crippen molar-refractivity contribution in [2.75, 3.05) is 13.1 Å². The van der Waals surface area contributed by atoms with Gasteiger partial charge in [-0.05, 0) is 25.7 Å². The molecule has 0 aromatic rings. The second kappa shape index (κ2) is 9.71. The first kappa shape index (κ1) is 14.2. The van der Waals surface area contributed by atoms with Crippen LogP contribution in [-0.4, -0.2) is 24.1 Å². The minimum atomic E-state index is -0.0845. The molecule has 0 radical (unpaired) electrons. The molecule has 0 saturated heterocycles. The van der Waals surface area contributed by atoms with Crippen LogP contribution in [0.1, 0.15) is 39.0 Å². The molecular weight excluding hydrogens is 210 g/mol. The van der Waals surface area contributed by atoms with E-state index in [2.05, 4.69) is 17.6 Å². The third-order valence-electron chi connectivity index (χ3n) is 1.95.